The van der Waals surface area contributed by atoms with E-state index in [1.54, 1.807) is 17.0 Å². The van der Waals surface area contributed by atoms with Gasteiger partial charge in [-0.15, -0.1) is 0 Å². The van der Waals surface area contributed by atoms with Gasteiger partial charge in [0.15, 0.2) is 12.4 Å². The van der Waals surface area contributed by atoms with Crippen LogP contribution in [0.15, 0.2) is 36.5 Å². The number of anilines is 2. The van der Waals surface area contributed by atoms with Crippen LogP contribution in [-0.4, -0.2) is 35.9 Å². The number of benzene rings is 1. The Morgan fingerprint density at radius 1 is 1.23 bits per heavy atom. The first-order chi connectivity index (χ1) is 14.1. The molecule has 2 aromatic rings. The van der Waals surface area contributed by atoms with Crippen LogP contribution >= 0.6 is 11.6 Å². The van der Waals surface area contributed by atoms with Gasteiger partial charge in [0.2, 0.25) is 5.91 Å². The number of ether oxygens (including phenoxy) is 1. The average Bonchev–Trinajstić information content (AvgIpc) is 3.13. The van der Waals surface area contributed by atoms with E-state index in [2.05, 4.69) is 10.3 Å². The van der Waals surface area contributed by atoms with Gasteiger partial charge in [0.25, 0.3) is 5.91 Å². The summed E-state index contributed by atoms with van der Waals surface area (Å²) in [4.78, 5) is 40.8. The highest BCUT2D eigenvalue weighted by atomic mass is 35.5. The maximum Gasteiger partial charge on any atom is 0.417 e. The number of amides is 2. The van der Waals surface area contributed by atoms with Crippen LogP contribution in [0.1, 0.15) is 28.8 Å². The Morgan fingerprint density at radius 3 is 2.50 bits per heavy atom. The number of alkyl halides is 3. The minimum atomic E-state index is -4.62. The lowest BCUT2D eigenvalue weighted by Crippen LogP contribution is -2.24. The molecule has 7 nitrogen and oxygen atoms in total. The third-order valence-electron chi connectivity index (χ3n) is 4.25. The summed E-state index contributed by atoms with van der Waals surface area (Å²) in [5.41, 5.74) is -0.227. The zero-order chi connectivity index (χ0) is 21.9. The van der Waals surface area contributed by atoms with Crippen LogP contribution in [0.3, 0.4) is 0 Å². The Morgan fingerprint density at radius 2 is 1.93 bits per heavy atom. The first-order valence-corrected chi connectivity index (χ1v) is 9.13. The smallest absolute Gasteiger partial charge is 0.417 e. The molecule has 1 saturated heterocycles. The van der Waals surface area contributed by atoms with Crippen LogP contribution in [0, 0.1) is 0 Å². The molecule has 158 valence electrons. The molecule has 30 heavy (non-hydrogen) atoms. The first-order valence-electron chi connectivity index (χ1n) is 8.75. The van der Waals surface area contributed by atoms with Crippen molar-refractivity contribution in [2.24, 2.45) is 0 Å². The topological polar surface area (TPSA) is 88.6 Å². The summed E-state index contributed by atoms with van der Waals surface area (Å²) in [5, 5.41) is 1.77. The molecule has 1 aliphatic rings. The SMILES string of the molecule is O=C(COC(=O)c1ccc(N2CCCC2=O)cc1)Nc1ncc(C(F)(F)F)cc1Cl. The van der Waals surface area contributed by atoms with Crippen molar-refractivity contribution in [3.8, 4) is 0 Å². The predicted molar refractivity (Wildman–Crippen MR) is 101 cm³/mol. The minimum Gasteiger partial charge on any atom is -0.452 e. The monoisotopic (exact) mass is 441 g/mol. The van der Waals surface area contributed by atoms with Gasteiger partial charge in [-0.2, -0.15) is 13.2 Å². The van der Waals surface area contributed by atoms with Crippen LogP contribution in [0.4, 0.5) is 24.7 Å². The van der Waals surface area contributed by atoms with E-state index in [0.717, 1.165) is 6.42 Å². The van der Waals surface area contributed by atoms with Gasteiger partial charge in [-0.05, 0) is 36.8 Å². The Hall–Kier alpha value is -3.14. The van der Waals surface area contributed by atoms with Gasteiger partial charge in [-0.1, -0.05) is 11.6 Å². The quantitative estimate of drug-likeness (QED) is 0.715. The lowest BCUT2D eigenvalue weighted by molar-refractivity contribution is -0.137. The van der Waals surface area contributed by atoms with Crippen LogP contribution < -0.4 is 10.2 Å². The standard InChI is InChI=1S/C19H15ClF3N3O4/c20-14-8-12(19(21,22)23)9-24-17(14)25-15(27)10-30-18(29)11-3-5-13(6-4-11)26-7-1-2-16(26)28/h3-6,8-9H,1-2,7,10H2,(H,24,25,27). The first kappa shape index (κ1) is 21.6. The fraction of sp³-hybridized carbons (Fsp3) is 0.263. The maximum atomic E-state index is 12.6. The molecule has 0 unspecified atom stereocenters. The number of halogens is 4. The number of nitrogens with one attached hydrogen (secondary N) is 1. The molecule has 1 fully saturated rings. The minimum absolute atomic E-state index is 0.0116. The van der Waals surface area contributed by atoms with Crippen LogP contribution in [0.25, 0.3) is 0 Å². The van der Waals surface area contributed by atoms with Gasteiger partial charge in [0.1, 0.15) is 0 Å². The largest absolute Gasteiger partial charge is 0.452 e. The summed E-state index contributed by atoms with van der Waals surface area (Å²) in [6.45, 7) is -0.0758. The van der Waals surface area contributed by atoms with Crippen molar-refractivity contribution < 1.29 is 32.3 Å². The van der Waals surface area contributed by atoms with Crippen molar-refractivity contribution in [1.82, 2.24) is 4.98 Å². The zero-order valence-electron chi connectivity index (χ0n) is 15.3. The molecule has 11 heteroatoms. The van der Waals surface area contributed by atoms with Crippen LogP contribution in [-0.2, 0) is 20.5 Å². The maximum absolute atomic E-state index is 12.6. The Kier molecular flexibility index (Phi) is 6.25. The molecule has 3 rings (SSSR count). The summed E-state index contributed by atoms with van der Waals surface area (Å²) >= 11 is 5.70. The molecule has 1 N–H and O–H groups in total. The van der Waals surface area contributed by atoms with Gasteiger partial charge < -0.3 is 15.0 Å². The molecule has 0 atom stereocenters. The van der Waals surface area contributed by atoms with E-state index in [0.29, 0.717) is 30.9 Å². The summed E-state index contributed by atoms with van der Waals surface area (Å²) in [7, 11) is 0. The highest BCUT2D eigenvalue weighted by Crippen LogP contribution is 2.32. The van der Waals surface area contributed by atoms with E-state index < -0.39 is 35.2 Å². The number of hydrogen-bond acceptors (Lipinski definition) is 5. The van der Waals surface area contributed by atoms with Crippen molar-refractivity contribution in [3.63, 3.8) is 0 Å². The number of esters is 1. The summed E-state index contributed by atoms with van der Waals surface area (Å²) in [6, 6.07) is 6.77. The molecule has 0 bridgehead atoms. The summed E-state index contributed by atoms with van der Waals surface area (Å²) in [5.74, 6) is -1.88. The normalized spacial score (nSPS) is 14.0. The lowest BCUT2D eigenvalue weighted by atomic mass is 10.2. The van der Waals surface area contributed by atoms with Crippen molar-refractivity contribution in [2.75, 3.05) is 23.4 Å². The second-order valence-electron chi connectivity index (χ2n) is 6.37. The molecule has 2 amide bonds. The molecule has 1 aromatic carbocycles. The number of pyridine rings is 1. The second-order valence-corrected chi connectivity index (χ2v) is 6.78. The average molecular weight is 442 g/mol. The van der Waals surface area contributed by atoms with Crippen molar-refractivity contribution >= 4 is 40.9 Å². The molecular weight excluding hydrogens is 427 g/mol. The molecule has 0 saturated carbocycles. The Labute approximate surface area is 173 Å². The second kappa shape index (κ2) is 8.70. The van der Waals surface area contributed by atoms with E-state index in [9.17, 15) is 27.6 Å². The lowest BCUT2D eigenvalue weighted by Gasteiger charge is -2.15. The number of nitrogens with zero attached hydrogens (tertiary/aromatic N) is 2. The Balaban J connectivity index is 1.54. The predicted octanol–water partition coefficient (Wildman–Crippen LogP) is 3.68. The summed E-state index contributed by atoms with van der Waals surface area (Å²) < 4.78 is 42.7. The number of hydrogen-bond donors (Lipinski definition) is 1. The third-order valence-corrected chi connectivity index (χ3v) is 4.54. The highest BCUT2D eigenvalue weighted by Gasteiger charge is 2.31. The number of carbonyl (C=O) groups is 3. The zero-order valence-corrected chi connectivity index (χ0v) is 16.1. The van der Waals surface area contributed by atoms with Gasteiger partial charge in [0, 0.05) is 24.8 Å². The number of aromatic nitrogens is 1. The molecule has 1 aromatic heterocycles. The van der Waals surface area contributed by atoms with Gasteiger partial charge in [0.05, 0.1) is 16.1 Å². The summed E-state index contributed by atoms with van der Waals surface area (Å²) in [6.07, 6.45) is -2.83. The molecule has 0 spiro atoms. The van der Waals surface area contributed by atoms with Crippen molar-refractivity contribution in [3.05, 3.63) is 52.7 Å². The number of carbonyl (C=O) groups excluding carboxylic acids is 3. The van der Waals surface area contributed by atoms with Gasteiger partial charge in [-0.3, -0.25) is 9.59 Å². The molecule has 2 heterocycles. The fourth-order valence-corrected chi connectivity index (χ4v) is 2.98. The highest BCUT2D eigenvalue weighted by molar-refractivity contribution is 6.33. The molecule has 1 aliphatic heterocycles. The van der Waals surface area contributed by atoms with E-state index in [1.165, 1.54) is 12.1 Å². The molecular formula is C19H15ClF3N3O4. The fourth-order valence-electron chi connectivity index (χ4n) is 2.77. The van der Waals surface area contributed by atoms with Crippen LogP contribution in [0.2, 0.25) is 5.02 Å². The van der Waals surface area contributed by atoms with Gasteiger partial charge >= 0.3 is 12.1 Å². The van der Waals surface area contributed by atoms with Crippen molar-refractivity contribution in [1.29, 1.82) is 0 Å². The Bertz CT molecular complexity index is 980. The third kappa shape index (κ3) is 5.07. The van der Waals surface area contributed by atoms with E-state index in [1.807, 2.05) is 0 Å². The van der Waals surface area contributed by atoms with Gasteiger partial charge in [-0.25, -0.2) is 9.78 Å². The molecule has 0 aliphatic carbocycles. The van der Waals surface area contributed by atoms with E-state index in [-0.39, 0.29) is 17.3 Å². The number of rotatable bonds is 5. The van der Waals surface area contributed by atoms with Crippen LogP contribution in [0.5, 0.6) is 0 Å². The van der Waals surface area contributed by atoms with E-state index >= 15 is 0 Å². The van der Waals surface area contributed by atoms with Crippen molar-refractivity contribution in [2.45, 2.75) is 19.0 Å². The molecule has 0 radical (unpaired) electrons. The van der Waals surface area contributed by atoms with E-state index in [4.69, 9.17) is 16.3 Å².